The highest BCUT2D eigenvalue weighted by Crippen LogP contribution is 2.32. The van der Waals surface area contributed by atoms with Gasteiger partial charge < -0.3 is 24.8 Å². The van der Waals surface area contributed by atoms with E-state index >= 15 is 0 Å². The van der Waals surface area contributed by atoms with E-state index in [9.17, 15) is 8.42 Å². The summed E-state index contributed by atoms with van der Waals surface area (Å²) in [7, 11) is -3.55. The Labute approximate surface area is 196 Å². The number of rotatable bonds is 10. The third-order valence-electron chi connectivity index (χ3n) is 3.86. The highest BCUT2D eigenvalue weighted by molar-refractivity contribution is 14.0. The molecule has 0 saturated heterocycles. The van der Waals surface area contributed by atoms with Crippen LogP contribution in [0.2, 0.25) is 0 Å². The maximum absolute atomic E-state index is 11.2. The van der Waals surface area contributed by atoms with Crippen LogP contribution < -0.4 is 25.2 Å². The normalized spacial score (nSPS) is 14.1. The molecular formula is C19H33IN4O5S. The Morgan fingerprint density at radius 1 is 1.27 bits per heavy atom. The molecule has 0 bridgehead atoms. The molecule has 11 heteroatoms. The first-order valence-corrected chi connectivity index (χ1v) is 11.6. The molecule has 1 aromatic carbocycles. The summed E-state index contributed by atoms with van der Waals surface area (Å²) in [6, 6.07) is 5.53. The second-order valence-electron chi connectivity index (χ2n) is 7.18. The van der Waals surface area contributed by atoms with Gasteiger partial charge in [0.1, 0.15) is 0 Å². The first-order chi connectivity index (χ1) is 13.8. The zero-order valence-corrected chi connectivity index (χ0v) is 20.7. The van der Waals surface area contributed by atoms with Crippen LogP contribution in [0.1, 0.15) is 26.7 Å². The topological polar surface area (TPSA) is 124 Å². The third-order valence-corrected chi connectivity index (χ3v) is 4.63. The number of nitrogens with zero attached hydrogens (tertiary/aromatic N) is 1. The number of guanidine groups is 1. The minimum absolute atomic E-state index is 0. The standard InChI is InChI=1S/C19H32N4O5S.HI/c1-15(2)14-26-9-3-7-21-19(22-8-12-29(20,24)25)23-16-5-6-17-18(13-16)28-11-4-10-27-17;/h5-6,13,15H,3-4,7-12,14H2,1-2H3,(H2,20,24,25)(H2,21,22,23);1H. The van der Waals surface area contributed by atoms with Crippen molar-refractivity contribution in [1.29, 1.82) is 0 Å². The number of hydrogen-bond acceptors (Lipinski definition) is 6. The van der Waals surface area contributed by atoms with E-state index in [0.29, 0.717) is 49.7 Å². The van der Waals surface area contributed by atoms with Crippen LogP contribution >= 0.6 is 24.0 Å². The minimum atomic E-state index is -3.55. The second kappa shape index (κ2) is 13.9. The van der Waals surface area contributed by atoms with E-state index in [0.717, 1.165) is 25.1 Å². The third kappa shape index (κ3) is 11.2. The van der Waals surface area contributed by atoms with Gasteiger partial charge in [-0.15, -0.1) is 24.0 Å². The average molecular weight is 556 g/mol. The maximum Gasteiger partial charge on any atom is 0.210 e. The minimum Gasteiger partial charge on any atom is -0.490 e. The molecule has 172 valence electrons. The molecular weight excluding hydrogens is 523 g/mol. The van der Waals surface area contributed by atoms with Crippen LogP contribution in [0.5, 0.6) is 11.5 Å². The van der Waals surface area contributed by atoms with Gasteiger partial charge in [-0.05, 0) is 24.5 Å². The molecule has 1 heterocycles. The van der Waals surface area contributed by atoms with Gasteiger partial charge in [-0.3, -0.25) is 4.99 Å². The van der Waals surface area contributed by atoms with Crippen LogP contribution in [0.4, 0.5) is 5.69 Å². The fourth-order valence-electron chi connectivity index (χ4n) is 2.51. The molecule has 0 atom stereocenters. The largest absolute Gasteiger partial charge is 0.490 e. The molecule has 0 amide bonds. The smallest absolute Gasteiger partial charge is 0.210 e. The van der Waals surface area contributed by atoms with Gasteiger partial charge >= 0.3 is 0 Å². The van der Waals surface area contributed by atoms with Crippen molar-refractivity contribution in [2.24, 2.45) is 16.0 Å². The van der Waals surface area contributed by atoms with Crippen LogP contribution in [0.3, 0.4) is 0 Å². The van der Waals surface area contributed by atoms with Crippen molar-refractivity contribution in [3.63, 3.8) is 0 Å². The van der Waals surface area contributed by atoms with Gasteiger partial charge in [-0.25, -0.2) is 13.6 Å². The Morgan fingerprint density at radius 2 is 2.00 bits per heavy atom. The van der Waals surface area contributed by atoms with Crippen molar-refractivity contribution in [3.8, 4) is 11.5 Å². The second-order valence-corrected chi connectivity index (χ2v) is 8.92. The number of benzene rings is 1. The van der Waals surface area contributed by atoms with E-state index in [1.807, 2.05) is 18.2 Å². The molecule has 0 unspecified atom stereocenters. The van der Waals surface area contributed by atoms with Crippen molar-refractivity contribution in [2.45, 2.75) is 26.7 Å². The molecule has 0 aliphatic carbocycles. The summed E-state index contributed by atoms with van der Waals surface area (Å²) in [5.74, 6) is 2.14. The lowest BCUT2D eigenvalue weighted by Crippen LogP contribution is -2.36. The van der Waals surface area contributed by atoms with Gasteiger partial charge in [0.05, 0.1) is 19.0 Å². The van der Waals surface area contributed by atoms with E-state index in [4.69, 9.17) is 19.3 Å². The maximum atomic E-state index is 11.2. The summed E-state index contributed by atoms with van der Waals surface area (Å²) in [5, 5.41) is 11.2. The highest BCUT2D eigenvalue weighted by Gasteiger charge is 2.12. The van der Waals surface area contributed by atoms with Crippen molar-refractivity contribution in [2.75, 3.05) is 50.6 Å². The number of sulfonamides is 1. The lowest BCUT2D eigenvalue weighted by Gasteiger charge is -2.14. The van der Waals surface area contributed by atoms with Gasteiger partial charge in [0.25, 0.3) is 0 Å². The molecule has 4 N–H and O–H groups in total. The summed E-state index contributed by atoms with van der Waals surface area (Å²) in [5.41, 5.74) is 0.757. The fourth-order valence-corrected chi connectivity index (χ4v) is 2.89. The molecule has 1 aliphatic heterocycles. The Morgan fingerprint density at radius 3 is 2.70 bits per heavy atom. The first-order valence-electron chi connectivity index (χ1n) is 9.87. The number of fused-ring (bicyclic) bond motifs is 1. The summed E-state index contributed by atoms with van der Waals surface area (Å²) in [6.45, 7) is 7.46. The zero-order chi connectivity index (χ0) is 21.1. The van der Waals surface area contributed by atoms with Gasteiger partial charge in [0.2, 0.25) is 10.0 Å². The lowest BCUT2D eigenvalue weighted by molar-refractivity contribution is 0.109. The van der Waals surface area contributed by atoms with Crippen molar-refractivity contribution < 1.29 is 22.6 Å². The summed E-state index contributed by atoms with van der Waals surface area (Å²) in [4.78, 5) is 4.49. The number of hydrogen-bond donors (Lipinski definition) is 3. The molecule has 0 spiro atoms. The number of aliphatic imine (C=N–C) groups is 1. The fraction of sp³-hybridized carbons (Fsp3) is 0.632. The van der Waals surface area contributed by atoms with E-state index in [1.54, 1.807) is 0 Å². The zero-order valence-electron chi connectivity index (χ0n) is 17.6. The SMILES string of the molecule is CC(C)COCCCN=C(NCCS(N)(=O)=O)Nc1ccc2c(c1)OCCCO2.I. The first kappa shape index (κ1) is 26.7. The van der Waals surface area contributed by atoms with Gasteiger partial charge in [0, 0.05) is 44.5 Å². The van der Waals surface area contributed by atoms with Gasteiger partial charge in [-0.2, -0.15) is 0 Å². The monoisotopic (exact) mass is 556 g/mol. The molecule has 2 rings (SSSR count). The molecule has 9 nitrogen and oxygen atoms in total. The number of nitrogens with two attached hydrogens (primary N) is 1. The summed E-state index contributed by atoms with van der Waals surface area (Å²) < 4.78 is 39.3. The quantitative estimate of drug-likeness (QED) is 0.175. The molecule has 0 fully saturated rings. The highest BCUT2D eigenvalue weighted by atomic mass is 127. The average Bonchev–Trinajstić information content (AvgIpc) is 2.88. The van der Waals surface area contributed by atoms with E-state index in [2.05, 4.69) is 29.5 Å². The predicted molar refractivity (Wildman–Crippen MR) is 130 cm³/mol. The van der Waals surface area contributed by atoms with E-state index in [-0.39, 0.29) is 36.3 Å². The van der Waals surface area contributed by atoms with Crippen molar-refractivity contribution >= 4 is 45.6 Å². The Bertz CT molecular complexity index is 774. The molecule has 0 radical (unpaired) electrons. The van der Waals surface area contributed by atoms with Crippen molar-refractivity contribution in [1.82, 2.24) is 5.32 Å². The van der Waals surface area contributed by atoms with Crippen LogP contribution in [0.15, 0.2) is 23.2 Å². The molecule has 1 aliphatic rings. The molecule has 1 aromatic rings. The van der Waals surface area contributed by atoms with Crippen LogP contribution in [-0.4, -0.2) is 59.6 Å². The van der Waals surface area contributed by atoms with Crippen molar-refractivity contribution in [3.05, 3.63) is 18.2 Å². The van der Waals surface area contributed by atoms with E-state index < -0.39 is 10.0 Å². The number of ether oxygens (including phenoxy) is 3. The number of anilines is 1. The number of halogens is 1. The summed E-state index contributed by atoms with van der Waals surface area (Å²) >= 11 is 0. The Hall–Kier alpha value is -1.31. The van der Waals surface area contributed by atoms with Gasteiger partial charge in [-0.1, -0.05) is 13.8 Å². The predicted octanol–water partition coefficient (Wildman–Crippen LogP) is 2.17. The van der Waals surface area contributed by atoms with Crippen LogP contribution in [-0.2, 0) is 14.8 Å². The van der Waals surface area contributed by atoms with Gasteiger partial charge in [0.15, 0.2) is 17.5 Å². The Balaban J connectivity index is 0.00000450. The van der Waals surface area contributed by atoms with Crippen LogP contribution in [0, 0.1) is 5.92 Å². The molecule has 0 aromatic heterocycles. The lowest BCUT2D eigenvalue weighted by atomic mass is 10.2. The van der Waals surface area contributed by atoms with Crippen LogP contribution in [0.25, 0.3) is 0 Å². The van der Waals surface area contributed by atoms with E-state index in [1.165, 1.54) is 0 Å². The molecule has 0 saturated carbocycles. The summed E-state index contributed by atoms with van der Waals surface area (Å²) in [6.07, 6.45) is 1.59. The molecule has 30 heavy (non-hydrogen) atoms. The Kier molecular flexibility index (Phi) is 12.4. The number of primary sulfonamides is 1. The number of nitrogens with one attached hydrogen (secondary N) is 2.